The number of nitrogens with zero attached hydrogens (tertiary/aromatic N) is 1. The largest absolute Gasteiger partial charge is 0.339 e. The van der Waals surface area contributed by atoms with Gasteiger partial charge in [-0.05, 0) is 55.2 Å². The number of nitrogens with one attached hydrogen (secondary N) is 2. The van der Waals surface area contributed by atoms with Crippen molar-refractivity contribution in [2.24, 2.45) is 0 Å². The molecule has 1 fully saturated rings. The number of hydrogen-bond acceptors (Lipinski definition) is 4. The number of carbonyl (C=O) groups is 2. The van der Waals surface area contributed by atoms with Gasteiger partial charge in [0, 0.05) is 25.7 Å². The van der Waals surface area contributed by atoms with Crippen LogP contribution in [-0.2, 0) is 14.8 Å². The van der Waals surface area contributed by atoms with E-state index in [0.29, 0.717) is 23.4 Å². The van der Waals surface area contributed by atoms with Crippen molar-refractivity contribution in [1.82, 2.24) is 9.62 Å². The lowest BCUT2D eigenvalue weighted by atomic mass is 10.1. The Morgan fingerprint density at radius 2 is 1.68 bits per heavy atom. The van der Waals surface area contributed by atoms with E-state index in [0.717, 1.165) is 32.4 Å². The van der Waals surface area contributed by atoms with Gasteiger partial charge in [0.25, 0.3) is 5.91 Å². The molecule has 0 aliphatic carbocycles. The molecular formula is C23H27N3O4S. The summed E-state index contributed by atoms with van der Waals surface area (Å²) in [6.07, 6.45) is 6.08. The smallest absolute Gasteiger partial charge is 0.255 e. The maximum Gasteiger partial charge on any atom is 0.255 e. The third-order valence-electron chi connectivity index (χ3n) is 5.01. The first-order chi connectivity index (χ1) is 14.9. The Hall–Kier alpha value is -2.97. The fourth-order valence-electron chi connectivity index (χ4n) is 3.42. The lowest BCUT2D eigenvalue weighted by molar-refractivity contribution is -0.111. The van der Waals surface area contributed by atoms with Crippen molar-refractivity contribution in [1.29, 1.82) is 0 Å². The SMILES string of the molecule is CCNS(=O)(=O)c1ccc(/C=C/C(=O)Nc2ccccc2C(=O)N2CCCCC2)cc1. The van der Waals surface area contributed by atoms with Gasteiger partial charge in [0.2, 0.25) is 15.9 Å². The van der Waals surface area contributed by atoms with Crippen LogP contribution in [0.3, 0.4) is 0 Å². The van der Waals surface area contributed by atoms with Crippen LogP contribution in [0.4, 0.5) is 5.69 Å². The van der Waals surface area contributed by atoms with Gasteiger partial charge < -0.3 is 10.2 Å². The van der Waals surface area contributed by atoms with Gasteiger partial charge in [0.05, 0.1) is 16.1 Å². The predicted octanol–water partition coefficient (Wildman–Crippen LogP) is 3.26. The quantitative estimate of drug-likeness (QED) is 0.645. The zero-order valence-corrected chi connectivity index (χ0v) is 18.3. The van der Waals surface area contributed by atoms with E-state index >= 15 is 0 Å². The van der Waals surface area contributed by atoms with Crippen molar-refractivity contribution < 1.29 is 18.0 Å². The van der Waals surface area contributed by atoms with E-state index in [-0.39, 0.29) is 16.7 Å². The Balaban J connectivity index is 1.67. The molecule has 3 rings (SSSR count). The summed E-state index contributed by atoms with van der Waals surface area (Å²) in [5.41, 5.74) is 1.63. The average Bonchev–Trinajstić information content (AvgIpc) is 2.78. The molecule has 2 aromatic rings. The molecule has 7 nitrogen and oxygen atoms in total. The van der Waals surface area contributed by atoms with Crippen molar-refractivity contribution in [3.63, 3.8) is 0 Å². The standard InChI is InChI=1S/C23H27N3O4S/c1-2-24-31(29,30)19-13-10-18(11-14-19)12-15-22(27)25-21-9-5-4-8-20(21)23(28)26-16-6-3-7-17-26/h4-5,8-15,24H,2-3,6-7,16-17H2,1H3,(H,25,27)/b15-12+. The van der Waals surface area contributed by atoms with E-state index in [1.807, 2.05) is 4.90 Å². The van der Waals surface area contributed by atoms with Crippen LogP contribution in [0, 0.1) is 0 Å². The first-order valence-corrected chi connectivity index (χ1v) is 11.9. The Kier molecular flexibility index (Phi) is 7.59. The first-order valence-electron chi connectivity index (χ1n) is 10.4. The Morgan fingerprint density at radius 1 is 1.00 bits per heavy atom. The van der Waals surface area contributed by atoms with E-state index in [2.05, 4.69) is 10.0 Å². The fourth-order valence-corrected chi connectivity index (χ4v) is 4.46. The number of carbonyl (C=O) groups excluding carboxylic acids is 2. The highest BCUT2D eigenvalue weighted by Crippen LogP contribution is 2.20. The minimum Gasteiger partial charge on any atom is -0.339 e. The summed E-state index contributed by atoms with van der Waals surface area (Å²) >= 11 is 0. The normalized spacial score (nSPS) is 14.5. The van der Waals surface area contributed by atoms with Crippen LogP contribution in [0.1, 0.15) is 42.1 Å². The third-order valence-corrected chi connectivity index (χ3v) is 6.57. The van der Waals surface area contributed by atoms with Crippen LogP contribution in [0.2, 0.25) is 0 Å². The van der Waals surface area contributed by atoms with Crippen LogP contribution in [0.25, 0.3) is 6.08 Å². The van der Waals surface area contributed by atoms with Crippen molar-refractivity contribution in [2.75, 3.05) is 25.0 Å². The molecule has 8 heteroatoms. The topological polar surface area (TPSA) is 95.6 Å². The van der Waals surface area contributed by atoms with Crippen molar-refractivity contribution >= 4 is 33.6 Å². The molecule has 0 bridgehead atoms. The van der Waals surface area contributed by atoms with E-state index in [1.165, 1.54) is 18.2 Å². The number of sulfonamides is 1. The first kappa shape index (κ1) is 22.7. The number of hydrogen-bond donors (Lipinski definition) is 2. The second kappa shape index (κ2) is 10.4. The minimum atomic E-state index is -3.51. The number of anilines is 1. The number of piperidine rings is 1. The molecule has 2 amide bonds. The fraction of sp³-hybridized carbons (Fsp3) is 0.304. The summed E-state index contributed by atoms with van der Waals surface area (Å²) in [5.74, 6) is -0.444. The zero-order valence-electron chi connectivity index (χ0n) is 17.5. The maximum absolute atomic E-state index is 12.8. The lowest BCUT2D eigenvalue weighted by Gasteiger charge is -2.27. The van der Waals surface area contributed by atoms with E-state index in [1.54, 1.807) is 49.4 Å². The van der Waals surface area contributed by atoms with E-state index in [4.69, 9.17) is 0 Å². The van der Waals surface area contributed by atoms with Crippen LogP contribution >= 0.6 is 0 Å². The summed E-state index contributed by atoms with van der Waals surface area (Å²) in [6.45, 7) is 3.50. The maximum atomic E-state index is 12.8. The highest BCUT2D eigenvalue weighted by Gasteiger charge is 2.21. The van der Waals surface area contributed by atoms with E-state index < -0.39 is 10.0 Å². The Bertz CT molecular complexity index is 1060. The molecule has 0 radical (unpaired) electrons. The monoisotopic (exact) mass is 441 g/mol. The Labute approximate surface area is 183 Å². The van der Waals surface area contributed by atoms with Gasteiger partial charge in [-0.1, -0.05) is 31.2 Å². The zero-order chi connectivity index (χ0) is 22.3. The van der Waals surface area contributed by atoms with Crippen molar-refractivity contribution in [3.8, 4) is 0 Å². The Morgan fingerprint density at radius 3 is 2.35 bits per heavy atom. The molecule has 1 heterocycles. The second-order valence-electron chi connectivity index (χ2n) is 7.29. The average molecular weight is 442 g/mol. The summed E-state index contributed by atoms with van der Waals surface area (Å²) in [7, 11) is -3.51. The van der Waals surface area contributed by atoms with Gasteiger partial charge in [-0.15, -0.1) is 0 Å². The number of amides is 2. The van der Waals surface area contributed by atoms with Crippen molar-refractivity contribution in [2.45, 2.75) is 31.1 Å². The molecule has 0 spiro atoms. The van der Waals surface area contributed by atoms with Gasteiger partial charge in [0.1, 0.15) is 0 Å². The van der Waals surface area contributed by atoms with Crippen LogP contribution < -0.4 is 10.0 Å². The van der Waals surface area contributed by atoms with Crippen molar-refractivity contribution in [3.05, 3.63) is 65.7 Å². The molecule has 31 heavy (non-hydrogen) atoms. The van der Waals surface area contributed by atoms with Gasteiger partial charge >= 0.3 is 0 Å². The molecule has 2 aromatic carbocycles. The number of likely N-dealkylation sites (tertiary alicyclic amines) is 1. The molecule has 0 unspecified atom stereocenters. The van der Waals surface area contributed by atoms with Gasteiger partial charge in [-0.25, -0.2) is 13.1 Å². The number of para-hydroxylation sites is 1. The molecule has 0 atom stereocenters. The van der Waals surface area contributed by atoms with Crippen LogP contribution in [0.5, 0.6) is 0 Å². The van der Waals surface area contributed by atoms with Crippen LogP contribution in [0.15, 0.2) is 59.5 Å². The highest BCUT2D eigenvalue weighted by atomic mass is 32.2. The van der Waals surface area contributed by atoms with Gasteiger partial charge in [-0.3, -0.25) is 9.59 Å². The molecule has 1 aliphatic heterocycles. The molecule has 1 aliphatic rings. The van der Waals surface area contributed by atoms with Crippen LogP contribution in [-0.4, -0.2) is 44.8 Å². The summed E-state index contributed by atoms with van der Waals surface area (Å²) in [6, 6.07) is 13.2. The van der Waals surface area contributed by atoms with Gasteiger partial charge in [-0.2, -0.15) is 0 Å². The van der Waals surface area contributed by atoms with E-state index in [9.17, 15) is 18.0 Å². The molecule has 164 valence electrons. The minimum absolute atomic E-state index is 0.0722. The summed E-state index contributed by atoms with van der Waals surface area (Å²) in [4.78, 5) is 27.3. The third kappa shape index (κ3) is 6.02. The summed E-state index contributed by atoms with van der Waals surface area (Å²) < 4.78 is 26.4. The molecule has 2 N–H and O–H groups in total. The molecule has 0 saturated carbocycles. The lowest BCUT2D eigenvalue weighted by Crippen LogP contribution is -2.36. The second-order valence-corrected chi connectivity index (χ2v) is 9.06. The highest BCUT2D eigenvalue weighted by molar-refractivity contribution is 7.89. The van der Waals surface area contributed by atoms with Gasteiger partial charge in [0.15, 0.2) is 0 Å². The summed E-state index contributed by atoms with van der Waals surface area (Å²) in [5, 5.41) is 2.77. The predicted molar refractivity (Wildman–Crippen MR) is 121 cm³/mol. The number of rotatable bonds is 7. The molecule has 0 aromatic heterocycles. The number of benzene rings is 2. The molecule has 1 saturated heterocycles. The molecular weight excluding hydrogens is 414 g/mol.